The van der Waals surface area contributed by atoms with Crippen molar-refractivity contribution < 1.29 is 17.9 Å². The lowest BCUT2D eigenvalue weighted by Gasteiger charge is -2.34. The fraction of sp³-hybridized carbons (Fsp3) is 0.333. The van der Waals surface area contributed by atoms with Gasteiger partial charge in [-0.25, -0.2) is 8.42 Å². The number of carbonyl (C=O) groups is 1. The SMILES string of the molecule is CCCCOc1ccc(C(=O)Nc2ccc(S(=O)(=O)N3CCCC[C@@H]3c3cccnc3)cc2)cc1. The minimum atomic E-state index is -3.69. The largest absolute Gasteiger partial charge is 0.494 e. The average molecular weight is 494 g/mol. The maximum atomic E-state index is 13.5. The predicted octanol–water partition coefficient (Wildman–Crippen LogP) is 5.43. The first kappa shape index (κ1) is 24.9. The van der Waals surface area contributed by atoms with Crippen molar-refractivity contribution >= 4 is 21.6 Å². The number of nitrogens with one attached hydrogen (secondary N) is 1. The van der Waals surface area contributed by atoms with Crippen molar-refractivity contribution in [1.82, 2.24) is 9.29 Å². The molecule has 1 atom stereocenters. The van der Waals surface area contributed by atoms with E-state index < -0.39 is 10.0 Å². The lowest BCUT2D eigenvalue weighted by atomic mass is 9.99. The summed E-state index contributed by atoms with van der Waals surface area (Å²) in [6, 6.07) is 16.8. The van der Waals surface area contributed by atoms with Crippen molar-refractivity contribution in [3.63, 3.8) is 0 Å². The van der Waals surface area contributed by atoms with Gasteiger partial charge in [-0.3, -0.25) is 9.78 Å². The number of piperidine rings is 1. The number of rotatable bonds is 9. The molecule has 4 rings (SSSR count). The Balaban J connectivity index is 1.43. The number of nitrogens with zero attached hydrogens (tertiary/aromatic N) is 2. The van der Waals surface area contributed by atoms with Crippen LogP contribution in [0.3, 0.4) is 0 Å². The highest BCUT2D eigenvalue weighted by Crippen LogP contribution is 2.35. The van der Waals surface area contributed by atoms with Crippen LogP contribution < -0.4 is 10.1 Å². The first-order valence-electron chi connectivity index (χ1n) is 12.0. The Hall–Kier alpha value is -3.23. The second kappa shape index (κ2) is 11.5. The Morgan fingerprint density at radius 1 is 1.09 bits per heavy atom. The lowest BCUT2D eigenvalue weighted by molar-refractivity contribution is 0.102. The van der Waals surface area contributed by atoms with Crippen LogP contribution in [0.2, 0.25) is 0 Å². The maximum absolute atomic E-state index is 13.5. The molecule has 0 radical (unpaired) electrons. The van der Waals surface area contributed by atoms with E-state index in [9.17, 15) is 13.2 Å². The zero-order valence-corrected chi connectivity index (χ0v) is 20.7. The molecule has 2 heterocycles. The third-order valence-electron chi connectivity index (χ3n) is 6.12. The van der Waals surface area contributed by atoms with Crippen LogP contribution in [0.4, 0.5) is 5.69 Å². The minimum absolute atomic E-state index is 0.208. The molecule has 1 N–H and O–H groups in total. The molecular weight excluding hydrogens is 462 g/mol. The molecule has 184 valence electrons. The molecule has 1 saturated heterocycles. The monoisotopic (exact) mass is 493 g/mol. The van der Waals surface area contributed by atoms with E-state index in [1.54, 1.807) is 65.2 Å². The number of hydrogen-bond donors (Lipinski definition) is 1. The fourth-order valence-electron chi connectivity index (χ4n) is 4.18. The Labute approximate surface area is 207 Å². The summed E-state index contributed by atoms with van der Waals surface area (Å²) in [5, 5.41) is 2.83. The molecule has 0 aliphatic carbocycles. The number of sulfonamides is 1. The van der Waals surface area contributed by atoms with Crippen molar-refractivity contribution in [3.8, 4) is 5.75 Å². The number of pyridine rings is 1. The van der Waals surface area contributed by atoms with Gasteiger partial charge in [0, 0.05) is 30.2 Å². The Morgan fingerprint density at radius 2 is 1.86 bits per heavy atom. The fourth-order valence-corrected chi connectivity index (χ4v) is 5.87. The van der Waals surface area contributed by atoms with Crippen LogP contribution >= 0.6 is 0 Å². The third kappa shape index (κ3) is 6.07. The van der Waals surface area contributed by atoms with Crippen LogP contribution in [0.25, 0.3) is 0 Å². The smallest absolute Gasteiger partial charge is 0.255 e. The number of unbranched alkanes of at least 4 members (excludes halogenated alkanes) is 1. The molecule has 1 fully saturated rings. The zero-order chi connectivity index (χ0) is 24.7. The standard InChI is InChI=1S/C27H31N3O4S/c1-2-3-19-34-24-13-9-21(10-14-24)27(31)29-23-11-15-25(16-12-23)35(32,33)30-18-5-4-8-26(30)22-7-6-17-28-20-22/h6-7,9-17,20,26H,2-5,8,18-19H2,1H3,(H,29,31)/t26-/m1/s1. The summed E-state index contributed by atoms with van der Waals surface area (Å²) >= 11 is 0. The van der Waals surface area contributed by atoms with E-state index in [4.69, 9.17) is 4.74 Å². The summed E-state index contributed by atoms with van der Waals surface area (Å²) in [4.78, 5) is 17.0. The quantitative estimate of drug-likeness (QED) is 0.402. The number of aromatic nitrogens is 1. The van der Waals surface area contributed by atoms with Gasteiger partial charge < -0.3 is 10.1 Å². The molecule has 8 heteroatoms. The van der Waals surface area contributed by atoms with Gasteiger partial charge in [0.05, 0.1) is 17.5 Å². The van der Waals surface area contributed by atoms with E-state index in [2.05, 4.69) is 17.2 Å². The molecule has 35 heavy (non-hydrogen) atoms. The normalized spacial score (nSPS) is 16.5. The Bertz CT molecular complexity index is 1210. The Kier molecular flexibility index (Phi) is 8.15. The van der Waals surface area contributed by atoms with E-state index in [0.29, 0.717) is 24.4 Å². The summed E-state index contributed by atoms with van der Waals surface area (Å²) in [7, 11) is -3.69. The van der Waals surface area contributed by atoms with Gasteiger partial charge in [0.1, 0.15) is 5.75 Å². The van der Waals surface area contributed by atoms with Crippen LogP contribution in [0.1, 0.15) is 61.0 Å². The second-order valence-electron chi connectivity index (χ2n) is 8.62. The van der Waals surface area contributed by atoms with Crippen molar-refractivity contribution in [2.24, 2.45) is 0 Å². The molecule has 0 saturated carbocycles. The van der Waals surface area contributed by atoms with Crippen molar-refractivity contribution in [3.05, 3.63) is 84.2 Å². The second-order valence-corrected chi connectivity index (χ2v) is 10.5. The highest BCUT2D eigenvalue weighted by molar-refractivity contribution is 7.89. The minimum Gasteiger partial charge on any atom is -0.494 e. The van der Waals surface area contributed by atoms with Crippen molar-refractivity contribution in [2.75, 3.05) is 18.5 Å². The van der Waals surface area contributed by atoms with E-state index >= 15 is 0 Å². The molecule has 3 aromatic rings. The molecule has 2 aromatic carbocycles. The number of hydrogen-bond acceptors (Lipinski definition) is 5. The summed E-state index contributed by atoms with van der Waals surface area (Å²) in [5.41, 5.74) is 1.93. The van der Waals surface area contributed by atoms with E-state index in [1.807, 2.05) is 12.1 Å². The molecule has 0 unspecified atom stereocenters. The van der Waals surface area contributed by atoms with Gasteiger partial charge in [0.15, 0.2) is 0 Å². The van der Waals surface area contributed by atoms with Crippen LogP contribution in [-0.4, -0.2) is 36.8 Å². The van der Waals surface area contributed by atoms with Gasteiger partial charge in [-0.15, -0.1) is 0 Å². The number of benzene rings is 2. The van der Waals surface area contributed by atoms with E-state index in [0.717, 1.165) is 43.4 Å². The third-order valence-corrected chi connectivity index (χ3v) is 8.05. The van der Waals surface area contributed by atoms with Crippen LogP contribution in [0.5, 0.6) is 5.75 Å². The van der Waals surface area contributed by atoms with Gasteiger partial charge in [0.2, 0.25) is 10.0 Å². The van der Waals surface area contributed by atoms with Gasteiger partial charge in [-0.2, -0.15) is 4.31 Å². The first-order valence-corrected chi connectivity index (χ1v) is 13.5. The van der Waals surface area contributed by atoms with Gasteiger partial charge in [-0.05, 0) is 79.4 Å². The van der Waals surface area contributed by atoms with E-state index in [-0.39, 0.29) is 16.8 Å². The highest BCUT2D eigenvalue weighted by atomic mass is 32.2. The summed E-state index contributed by atoms with van der Waals surface area (Å²) in [6.45, 7) is 3.22. The Morgan fingerprint density at radius 3 is 2.54 bits per heavy atom. The number of ether oxygens (including phenoxy) is 1. The number of carbonyl (C=O) groups excluding carboxylic acids is 1. The van der Waals surface area contributed by atoms with Crippen LogP contribution in [0, 0.1) is 0 Å². The van der Waals surface area contributed by atoms with Gasteiger partial charge in [-0.1, -0.05) is 25.8 Å². The molecule has 1 aliphatic rings. The summed E-state index contributed by atoms with van der Waals surface area (Å²) in [6.07, 6.45) is 8.03. The number of anilines is 1. The highest BCUT2D eigenvalue weighted by Gasteiger charge is 2.34. The van der Waals surface area contributed by atoms with Gasteiger partial charge >= 0.3 is 0 Å². The van der Waals surface area contributed by atoms with E-state index in [1.165, 1.54) is 0 Å². The first-order chi connectivity index (χ1) is 17.0. The topological polar surface area (TPSA) is 88.6 Å². The van der Waals surface area contributed by atoms with Crippen molar-refractivity contribution in [1.29, 1.82) is 0 Å². The predicted molar refractivity (Wildman–Crippen MR) is 136 cm³/mol. The molecule has 1 aromatic heterocycles. The molecule has 0 spiro atoms. The average Bonchev–Trinajstić information content (AvgIpc) is 2.90. The maximum Gasteiger partial charge on any atom is 0.255 e. The summed E-state index contributed by atoms with van der Waals surface area (Å²) < 4.78 is 34.1. The molecule has 7 nitrogen and oxygen atoms in total. The van der Waals surface area contributed by atoms with Crippen LogP contribution in [0.15, 0.2) is 78.0 Å². The zero-order valence-electron chi connectivity index (χ0n) is 19.9. The molecule has 1 aliphatic heterocycles. The van der Waals surface area contributed by atoms with Crippen LogP contribution in [-0.2, 0) is 10.0 Å². The lowest BCUT2D eigenvalue weighted by Crippen LogP contribution is -2.38. The van der Waals surface area contributed by atoms with Gasteiger partial charge in [0.25, 0.3) is 5.91 Å². The molecule has 0 bridgehead atoms. The van der Waals surface area contributed by atoms with Crippen molar-refractivity contribution in [2.45, 2.75) is 50.0 Å². The molecule has 1 amide bonds. The number of amides is 1. The summed E-state index contributed by atoms with van der Waals surface area (Å²) in [5.74, 6) is 0.459. The molecular formula is C27H31N3O4S.